The van der Waals surface area contributed by atoms with E-state index in [1.807, 2.05) is 0 Å². The predicted octanol–water partition coefficient (Wildman–Crippen LogP) is 3.49. The molecule has 2 rings (SSSR count). The molecule has 3 nitrogen and oxygen atoms in total. The average Bonchev–Trinajstić information content (AvgIpc) is 2.26. The summed E-state index contributed by atoms with van der Waals surface area (Å²) >= 11 is 0. The second-order valence-corrected chi connectivity index (χ2v) is 4.14. The lowest BCUT2D eigenvalue weighted by atomic mass is 10.1. The maximum absolute atomic E-state index is 13.0. The Balaban J connectivity index is 2.28. The highest BCUT2D eigenvalue weighted by molar-refractivity contribution is 5.99. The number of carbonyl (C=O) groups is 1. The van der Waals surface area contributed by atoms with E-state index in [9.17, 15) is 13.6 Å². The second kappa shape index (κ2) is 5.06. The van der Waals surface area contributed by atoms with Crippen LogP contribution in [0.15, 0.2) is 36.4 Å². The molecule has 2 aromatic carbocycles. The van der Waals surface area contributed by atoms with Gasteiger partial charge in [0.05, 0.1) is 0 Å². The van der Waals surface area contributed by atoms with Crippen molar-refractivity contribution in [2.45, 2.75) is 6.92 Å². The van der Waals surface area contributed by atoms with Crippen molar-refractivity contribution in [1.29, 1.82) is 0 Å². The van der Waals surface area contributed by atoms with E-state index in [0.29, 0.717) is 16.9 Å². The minimum atomic E-state index is -0.671. The van der Waals surface area contributed by atoms with E-state index in [1.54, 1.807) is 18.2 Å². The molecule has 0 aliphatic carbocycles. The molecule has 3 N–H and O–H groups in total. The first-order valence-electron chi connectivity index (χ1n) is 5.59. The number of nitrogen functional groups attached to an aromatic ring is 1. The van der Waals surface area contributed by atoms with Crippen LogP contribution in [0.5, 0.6) is 0 Å². The van der Waals surface area contributed by atoms with E-state index >= 15 is 0 Å². The summed E-state index contributed by atoms with van der Waals surface area (Å²) in [7, 11) is 0. The minimum Gasteiger partial charge on any atom is -0.398 e. The standard InChI is InChI=1S/C14H12F2N2O/c1-8(19)13-3-2-11(7-14(13)17)18-12-5-9(15)4-10(16)6-12/h2-7,18H,17H2,1H3. The SMILES string of the molecule is CC(=O)c1ccc(Nc2cc(F)cc(F)c2)cc1N. The fourth-order valence-electron chi connectivity index (χ4n) is 1.75. The number of halogens is 2. The van der Waals surface area contributed by atoms with Crippen molar-refractivity contribution in [2.75, 3.05) is 11.1 Å². The van der Waals surface area contributed by atoms with Crippen LogP contribution in [0.25, 0.3) is 0 Å². The quantitative estimate of drug-likeness (QED) is 0.657. The first kappa shape index (κ1) is 13.0. The van der Waals surface area contributed by atoms with Gasteiger partial charge in [0.2, 0.25) is 0 Å². The van der Waals surface area contributed by atoms with Crippen molar-refractivity contribution >= 4 is 22.8 Å². The van der Waals surface area contributed by atoms with E-state index < -0.39 is 11.6 Å². The summed E-state index contributed by atoms with van der Waals surface area (Å²) in [6.07, 6.45) is 0. The number of benzene rings is 2. The third-order valence-corrected chi connectivity index (χ3v) is 2.58. The van der Waals surface area contributed by atoms with E-state index in [0.717, 1.165) is 18.2 Å². The Hall–Kier alpha value is -2.43. The molecule has 19 heavy (non-hydrogen) atoms. The predicted molar refractivity (Wildman–Crippen MR) is 70.5 cm³/mol. The van der Waals surface area contributed by atoms with Gasteiger partial charge < -0.3 is 11.1 Å². The summed E-state index contributed by atoms with van der Waals surface area (Å²) in [5.74, 6) is -1.48. The van der Waals surface area contributed by atoms with Gasteiger partial charge in [-0.05, 0) is 37.3 Å². The first-order valence-corrected chi connectivity index (χ1v) is 5.59. The highest BCUT2D eigenvalue weighted by Crippen LogP contribution is 2.23. The van der Waals surface area contributed by atoms with Crippen LogP contribution < -0.4 is 11.1 Å². The van der Waals surface area contributed by atoms with Gasteiger partial charge in [0.25, 0.3) is 0 Å². The summed E-state index contributed by atoms with van der Waals surface area (Å²) < 4.78 is 26.1. The van der Waals surface area contributed by atoms with E-state index in [4.69, 9.17) is 5.73 Å². The number of carbonyl (C=O) groups excluding carboxylic acids is 1. The summed E-state index contributed by atoms with van der Waals surface area (Å²) in [6, 6.07) is 7.85. The van der Waals surface area contributed by atoms with Crippen LogP contribution in [-0.4, -0.2) is 5.78 Å². The minimum absolute atomic E-state index is 0.138. The van der Waals surface area contributed by atoms with Crippen molar-refractivity contribution in [3.05, 3.63) is 53.6 Å². The topological polar surface area (TPSA) is 55.1 Å². The Kier molecular flexibility index (Phi) is 3.46. The molecule has 0 bridgehead atoms. The maximum Gasteiger partial charge on any atom is 0.161 e. The molecular weight excluding hydrogens is 250 g/mol. The number of rotatable bonds is 3. The molecule has 0 heterocycles. The van der Waals surface area contributed by atoms with E-state index in [1.165, 1.54) is 6.92 Å². The molecule has 0 atom stereocenters. The molecule has 98 valence electrons. The third-order valence-electron chi connectivity index (χ3n) is 2.58. The molecule has 0 unspecified atom stereocenters. The number of Topliss-reactive ketones (excluding diaryl/α,β-unsaturated/α-hetero) is 1. The van der Waals surface area contributed by atoms with Crippen LogP contribution in [0.2, 0.25) is 0 Å². The molecule has 0 amide bonds. The van der Waals surface area contributed by atoms with Crippen molar-refractivity contribution < 1.29 is 13.6 Å². The average molecular weight is 262 g/mol. The highest BCUT2D eigenvalue weighted by Gasteiger charge is 2.06. The monoisotopic (exact) mass is 262 g/mol. The smallest absolute Gasteiger partial charge is 0.161 e. The normalized spacial score (nSPS) is 10.3. The molecule has 0 spiro atoms. The fourth-order valence-corrected chi connectivity index (χ4v) is 1.75. The molecular formula is C14H12F2N2O. The van der Waals surface area contributed by atoms with Gasteiger partial charge in [-0.15, -0.1) is 0 Å². The number of hydrogen-bond acceptors (Lipinski definition) is 3. The van der Waals surface area contributed by atoms with Crippen LogP contribution in [0.1, 0.15) is 17.3 Å². The number of nitrogens with one attached hydrogen (secondary N) is 1. The Morgan fingerprint density at radius 2 is 1.68 bits per heavy atom. The highest BCUT2D eigenvalue weighted by atomic mass is 19.1. The van der Waals surface area contributed by atoms with Crippen LogP contribution in [0, 0.1) is 11.6 Å². The number of hydrogen-bond donors (Lipinski definition) is 2. The van der Waals surface area contributed by atoms with Crippen molar-refractivity contribution in [3.8, 4) is 0 Å². The number of nitrogens with two attached hydrogens (primary N) is 1. The summed E-state index contributed by atoms with van der Waals surface area (Å²) in [5.41, 5.74) is 7.27. The van der Waals surface area contributed by atoms with Crippen LogP contribution in [0.4, 0.5) is 25.8 Å². The van der Waals surface area contributed by atoms with Gasteiger partial charge in [0.1, 0.15) is 11.6 Å². The molecule has 2 aromatic rings. The molecule has 0 radical (unpaired) electrons. The van der Waals surface area contributed by atoms with Gasteiger partial charge in [-0.1, -0.05) is 0 Å². The molecule has 0 saturated heterocycles. The van der Waals surface area contributed by atoms with Gasteiger partial charge in [-0.2, -0.15) is 0 Å². The number of anilines is 3. The van der Waals surface area contributed by atoms with Gasteiger partial charge in [-0.3, -0.25) is 4.79 Å². The number of ketones is 1. The largest absolute Gasteiger partial charge is 0.398 e. The zero-order chi connectivity index (χ0) is 14.0. The Labute approximate surface area is 109 Å². The van der Waals surface area contributed by atoms with E-state index in [-0.39, 0.29) is 11.5 Å². The van der Waals surface area contributed by atoms with Crippen LogP contribution in [-0.2, 0) is 0 Å². The molecule has 0 aliphatic heterocycles. The lowest BCUT2D eigenvalue weighted by Gasteiger charge is -2.09. The molecule has 0 aliphatic rings. The lowest BCUT2D eigenvalue weighted by Crippen LogP contribution is -2.01. The summed E-state index contributed by atoms with van der Waals surface area (Å²) in [4.78, 5) is 11.2. The zero-order valence-corrected chi connectivity index (χ0v) is 10.2. The Bertz CT molecular complexity index is 621. The van der Waals surface area contributed by atoms with Gasteiger partial charge >= 0.3 is 0 Å². The maximum atomic E-state index is 13.0. The van der Waals surface area contributed by atoms with Crippen LogP contribution >= 0.6 is 0 Å². The van der Waals surface area contributed by atoms with E-state index in [2.05, 4.69) is 5.32 Å². The Morgan fingerprint density at radius 3 is 2.21 bits per heavy atom. The van der Waals surface area contributed by atoms with Crippen molar-refractivity contribution in [3.63, 3.8) is 0 Å². The van der Waals surface area contributed by atoms with Crippen molar-refractivity contribution in [2.24, 2.45) is 0 Å². The second-order valence-electron chi connectivity index (χ2n) is 4.14. The van der Waals surface area contributed by atoms with Gasteiger partial charge in [0, 0.05) is 28.7 Å². The van der Waals surface area contributed by atoms with Crippen LogP contribution in [0.3, 0.4) is 0 Å². The Morgan fingerprint density at radius 1 is 1.05 bits per heavy atom. The van der Waals surface area contributed by atoms with Gasteiger partial charge in [-0.25, -0.2) is 8.78 Å². The molecule has 0 fully saturated rings. The fraction of sp³-hybridized carbons (Fsp3) is 0.0714. The zero-order valence-electron chi connectivity index (χ0n) is 10.2. The molecule has 5 heteroatoms. The molecule has 0 saturated carbocycles. The molecule has 0 aromatic heterocycles. The lowest BCUT2D eigenvalue weighted by molar-refractivity contribution is 0.101. The van der Waals surface area contributed by atoms with Gasteiger partial charge in [0.15, 0.2) is 5.78 Å². The summed E-state index contributed by atoms with van der Waals surface area (Å²) in [5, 5.41) is 2.82. The third kappa shape index (κ3) is 3.07. The first-order chi connectivity index (χ1) is 8.95. The summed E-state index contributed by atoms with van der Waals surface area (Å²) in [6.45, 7) is 1.42. The van der Waals surface area contributed by atoms with Crippen molar-refractivity contribution in [1.82, 2.24) is 0 Å².